The second-order valence-corrected chi connectivity index (χ2v) is 4.64. The summed E-state index contributed by atoms with van der Waals surface area (Å²) < 4.78 is 5.80. The molecule has 1 aliphatic rings. The number of hydrogen-bond donors (Lipinski definition) is 0. The van der Waals surface area contributed by atoms with Crippen molar-refractivity contribution in [2.45, 2.75) is 39.2 Å². The van der Waals surface area contributed by atoms with Gasteiger partial charge in [-0.1, -0.05) is 24.8 Å². The molecular weight excluding hydrogens is 196 g/mol. The Bertz CT molecular complexity index is 446. The van der Waals surface area contributed by atoms with Gasteiger partial charge in [0.1, 0.15) is 0 Å². The SMILES string of the molecule is CCC#Cc1ccc2c(c1)C(C)(C)OCC2. The van der Waals surface area contributed by atoms with Crippen molar-refractivity contribution in [2.75, 3.05) is 6.61 Å². The second kappa shape index (κ2) is 4.31. The molecule has 0 aromatic heterocycles. The highest BCUT2D eigenvalue weighted by molar-refractivity contribution is 5.44. The van der Waals surface area contributed by atoms with Crippen LogP contribution in [0, 0.1) is 11.8 Å². The monoisotopic (exact) mass is 214 g/mol. The van der Waals surface area contributed by atoms with E-state index in [0.29, 0.717) is 0 Å². The van der Waals surface area contributed by atoms with Gasteiger partial charge in [0, 0.05) is 12.0 Å². The highest BCUT2D eigenvalue weighted by Crippen LogP contribution is 2.32. The predicted molar refractivity (Wildman–Crippen MR) is 66.3 cm³/mol. The van der Waals surface area contributed by atoms with Crippen LogP contribution in [0.3, 0.4) is 0 Å². The molecule has 16 heavy (non-hydrogen) atoms. The number of benzene rings is 1. The quantitative estimate of drug-likeness (QED) is 0.602. The minimum atomic E-state index is -0.169. The van der Waals surface area contributed by atoms with E-state index >= 15 is 0 Å². The summed E-state index contributed by atoms with van der Waals surface area (Å²) in [7, 11) is 0. The Kier molecular flexibility index (Phi) is 3.03. The fourth-order valence-electron chi connectivity index (χ4n) is 2.12. The first-order valence-electron chi connectivity index (χ1n) is 5.90. The van der Waals surface area contributed by atoms with Crippen LogP contribution in [0.4, 0.5) is 0 Å². The molecule has 0 amide bonds. The molecule has 1 nitrogen and oxygen atoms in total. The highest BCUT2D eigenvalue weighted by Gasteiger charge is 2.28. The third kappa shape index (κ3) is 2.13. The fraction of sp³-hybridized carbons (Fsp3) is 0.467. The third-order valence-electron chi connectivity index (χ3n) is 3.00. The van der Waals surface area contributed by atoms with Gasteiger partial charge in [0.2, 0.25) is 0 Å². The molecule has 1 aromatic rings. The molecule has 84 valence electrons. The van der Waals surface area contributed by atoms with E-state index in [-0.39, 0.29) is 5.60 Å². The first-order valence-corrected chi connectivity index (χ1v) is 5.90. The summed E-state index contributed by atoms with van der Waals surface area (Å²) in [6.07, 6.45) is 1.91. The molecule has 0 atom stereocenters. The van der Waals surface area contributed by atoms with Gasteiger partial charge in [-0.3, -0.25) is 0 Å². The zero-order valence-corrected chi connectivity index (χ0v) is 10.3. The minimum absolute atomic E-state index is 0.169. The summed E-state index contributed by atoms with van der Waals surface area (Å²) in [5.41, 5.74) is 3.62. The van der Waals surface area contributed by atoms with Crippen LogP contribution < -0.4 is 0 Å². The molecule has 0 N–H and O–H groups in total. The van der Waals surface area contributed by atoms with Crippen LogP contribution >= 0.6 is 0 Å². The van der Waals surface area contributed by atoms with Crippen LogP contribution in [0.1, 0.15) is 43.9 Å². The lowest BCUT2D eigenvalue weighted by Crippen LogP contribution is -2.29. The molecule has 0 saturated carbocycles. The lowest BCUT2D eigenvalue weighted by molar-refractivity contribution is -0.0315. The highest BCUT2D eigenvalue weighted by atomic mass is 16.5. The van der Waals surface area contributed by atoms with Gasteiger partial charge in [0.15, 0.2) is 0 Å². The molecular formula is C15H18O. The molecule has 1 aliphatic heterocycles. The Labute approximate surface area is 97.8 Å². The average molecular weight is 214 g/mol. The van der Waals surface area contributed by atoms with Crippen LogP contribution in [0.2, 0.25) is 0 Å². The first-order chi connectivity index (χ1) is 7.63. The van der Waals surface area contributed by atoms with Crippen molar-refractivity contribution in [2.24, 2.45) is 0 Å². The van der Waals surface area contributed by atoms with Crippen LogP contribution in [0.5, 0.6) is 0 Å². The van der Waals surface area contributed by atoms with E-state index in [1.807, 2.05) is 0 Å². The molecule has 0 radical (unpaired) electrons. The minimum Gasteiger partial charge on any atom is -0.371 e. The molecule has 1 aromatic carbocycles. The van der Waals surface area contributed by atoms with E-state index in [9.17, 15) is 0 Å². The predicted octanol–water partition coefficient (Wildman–Crippen LogP) is 3.26. The number of ether oxygens (including phenoxy) is 1. The van der Waals surface area contributed by atoms with Gasteiger partial charge < -0.3 is 4.74 Å². The molecule has 0 aliphatic carbocycles. The first kappa shape index (κ1) is 11.2. The molecule has 0 unspecified atom stereocenters. The molecule has 1 heteroatoms. The Morgan fingerprint density at radius 1 is 1.38 bits per heavy atom. The van der Waals surface area contributed by atoms with Gasteiger partial charge in [-0.15, -0.1) is 0 Å². The van der Waals surface area contributed by atoms with E-state index in [1.54, 1.807) is 0 Å². The average Bonchev–Trinajstić information content (AvgIpc) is 2.26. The van der Waals surface area contributed by atoms with Crippen molar-refractivity contribution in [3.63, 3.8) is 0 Å². The molecule has 0 spiro atoms. The Balaban J connectivity index is 2.43. The lowest BCUT2D eigenvalue weighted by Gasteiger charge is -2.33. The zero-order valence-electron chi connectivity index (χ0n) is 10.3. The largest absolute Gasteiger partial charge is 0.371 e. The Morgan fingerprint density at radius 3 is 2.94 bits per heavy atom. The van der Waals surface area contributed by atoms with E-state index in [1.165, 1.54) is 11.1 Å². The van der Waals surface area contributed by atoms with E-state index in [2.05, 4.69) is 50.8 Å². The third-order valence-corrected chi connectivity index (χ3v) is 3.00. The molecule has 0 saturated heterocycles. The summed E-state index contributed by atoms with van der Waals surface area (Å²) in [6, 6.07) is 6.49. The summed E-state index contributed by atoms with van der Waals surface area (Å²) in [4.78, 5) is 0. The van der Waals surface area contributed by atoms with Crippen LogP contribution in [0.15, 0.2) is 18.2 Å². The van der Waals surface area contributed by atoms with E-state index in [4.69, 9.17) is 4.74 Å². The van der Waals surface area contributed by atoms with Crippen molar-refractivity contribution in [3.05, 3.63) is 34.9 Å². The van der Waals surface area contributed by atoms with E-state index < -0.39 is 0 Å². The van der Waals surface area contributed by atoms with Gasteiger partial charge in [0.05, 0.1) is 12.2 Å². The number of hydrogen-bond acceptors (Lipinski definition) is 1. The Morgan fingerprint density at radius 2 is 2.19 bits per heavy atom. The van der Waals surface area contributed by atoms with Gasteiger partial charge in [-0.05, 0) is 43.5 Å². The summed E-state index contributed by atoms with van der Waals surface area (Å²) in [5.74, 6) is 6.28. The van der Waals surface area contributed by atoms with Crippen molar-refractivity contribution in [3.8, 4) is 11.8 Å². The zero-order chi connectivity index (χ0) is 11.6. The molecule has 0 bridgehead atoms. The van der Waals surface area contributed by atoms with Crippen molar-refractivity contribution < 1.29 is 4.74 Å². The van der Waals surface area contributed by atoms with Gasteiger partial charge in [-0.25, -0.2) is 0 Å². The Hall–Kier alpha value is -1.26. The molecule has 0 fully saturated rings. The van der Waals surface area contributed by atoms with Crippen LogP contribution in [0.25, 0.3) is 0 Å². The van der Waals surface area contributed by atoms with E-state index in [0.717, 1.165) is 25.0 Å². The van der Waals surface area contributed by atoms with Crippen molar-refractivity contribution in [1.82, 2.24) is 0 Å². The topological polar surface area (TPSA) is 9.23 Å². The normalized spacial score (nSPS) is 17.2. The van der Waals surface area contributed by atoms with Gasteiger partial charge >= 0.3 is 0 Å². The van der Waals surface area contributed by atoms with Crippen molar-refractivity contribution >= 4 is 0 Å². The second-order valence-electron chi connectivity index (χ2n) is 4.64. The molecule has 2 rings (SSSR count). The lowest BCUT2D eigenvalue weighted by atomic mass is 9.88. The maximum Gasteiger partial charge on any atom is 0.0878 e. The van der Waals surface area contributed by atoms with Crippen LogP contribution in [-0.2, 0) is 16.8 Å². The standard InChI is InChI=1S/C15H18O/c1-4-5-6-12-7-8-13-9-10-16-15(2,3)14(13)11-12/h7-8,11H,4,9-10H2,1-3H3. The fourth-order valence-corrected chi connectivity index (χ4v) is 2.12. The number of fused-ring (bicyclic) bond motifs is 1. The summed E-state index contributed by atoms with van der Waals surface area (Å²) in [6.45, 7) is 7.14. The summed E-state index contributed by atoms with van der Waals surface area (Å²) >= 11 is 0. The number of rotatable bonds is 0. The molecule has 1 heterocycles. The smallest absolute Gasteiger partial charge is 0.0878 e. The maximum atomic E-state index is 5.80. The maximum absolute atomic E-state index is 5.80. The summed E-state index contributed by atoms with van der Waals surface area (Å²) in [5, 5.41) is 0. The van der Waals surface area contributed by atoms with Gasteiger partial charge in [-0.2, -0.15) is 0 Å². The van der Waals surface area contributed by atoms with Crippen molar-refractivity contribution in [1.29, 1.82) is 0 Å². The van der Waals surface area contributed by atoms with Crippen LogP contribution in [-0.4, -0.2) is 6.61 Å². The van der Waals surface area contributed by atoms with Gasteiger partial charge in [0.25, 0.3) is 0 Å².